The maximum Gasteiger partial charge on any atom is 0.573 e. The van der Waals surface area contributed by atoms with E-state index in [1.807, 2.05) is 4.90 Å². The highest BCUT2D eigenvalue weighted by Crippen LogP contribution is 2.35. The van der Waals surface area contributed by atoms with Crippen LogP contribution in [0.2, 0.25) is 10.0 Å². The molecule has 186 valence electrons. The van der Waals surface area contributed by atoms with Crippen LogP contribution in [0.25, 0.3) is 0 Å². The molecule has 6 nitrogen and oxygen atoms in total. The molecule has 1 saturated heterocycles. The maximum absolute atomic E-state index is 14.5. The Morgan fingerprint density at radius 1 is 1.21 bits per heavy atom. The van der Waals surface area contributed by atoms with Gasteiger partial charge in [0.25, 0.3) is 5.91 Å². The van der Waals surface area contributed by atoms with Crippen molar-refractivity contribution < 1.29 is 36.0 Å². The molecule has 1 N–H and O–H groups in total. The second kappa shape index (κ2) is 10.1. The van der Waals surface area contributed by atoms with E-state index in [4.69, 9.17) is 27.9 Å². The van der Waals surface area contributed by atoms with E-state index >= 15 is 0 Å². The molecule has 1 fully saturated rings. The molecule has 1 aliphatic heterocycles. The lowest BCUT2D eigenvalue weighted by Gasteiger charge is -2.34. The van der Waals surface area contributed by atoms with Crippen LogP contribution in [0, 0.1) is 5.82 Å². The average Bonchev–Trinajstić information content (AvgIpc) is 2.70. The molecular formula is C21H20Cl2F4N2O4S. The summed E-state index contributed by atoms with van der Waals surface area (Å²) in [6.07, 6.45) is -2.80. The molecule has 2 aromatic carbocycles. The monoisotopic (exact) mass is 542 g/mol. The Balaban J connectivity index is 1.72. The molecule has 1 aliphatic rings. The largest absolute Gasteiger partial charge is 0.573 e. The minimum absolute atomic E-state index is 0.0152. The van der Waals surface area contributed by atoms with Crippen LogP contribution in [0.5, 0.6) is 11.5 Å². The Morgan fingerprint density at radius 2 is 1.88 bits per heavy atom. The maximum atomic E-state index is 14.5. The zero-order chi connectivity index (χ0) is 25.3. The summed E-state index contributed by atoms with van der Waals surface area (Å²) in [7, 11) is -2.90. The van der Waals surface area contributed by atoms with E-state index in [1.165, 1.54) is 18.4 Å². The molecule has 1 heterocycles. The van der Waals surface area contributed by atoms with Crippen LogP contribution in [0.4, 0.5) is 23.2 Å². The highest BCUT2D eigenvalue weighted by Gasteiger charge is 2.32. The number of nitrogens with one attached hydrogen (secondary N) is 1. The van der Waals surface area contributed by atoms with Gasteiger partial charge in [0.15, 0.2) is 0 Å². The van der Waals surface area contributed by atoms with E-state index in [0.29, 0.717) is 31.6 Å². The Kier molecular flexibility index (Phi) is 7.79. The standard InChI is InChI=1S/C21H20Cl2F4N2O4S/c1-34(2,31)28-20(30)14-9-16(23)19(10-17(14)24)32-13-4-3-7-29(11-13)12-5-6-18(15(22)8-12)33-21(25,26)27/h5-6,8-10,13H,1,3-4,7,11H2,2H3,(H,28,30,31)/t13-,34?/m1/s1. The summed E-state index contributed by atoms with van der Waals surface area (Å²) in [5, 5.41) is -0.220. The summed E-state index contributed by atoms with van der Waals surface area (Å²) in [5.74, 6) is 0.954. The lowest BCUT2D eigenvalue weighted by atomic mass is 10.1. The van der Waals surface area contributed by atoms with Gasteiger partial charge in [0.05, 0.1) is 22.2 Å². The summed E-state index contributed by atoms with van der Waals surface area (Å²) in [5.41, 5.74) is 0.158. The average molecular weight is 543 g/mol. The molecule has 3 rings (SSSR count). The number of hydrogen-bond donors (Lipinski definition) is 1. The predicted octanol–water partition coefficient (Wildman–Crippen LogP) is 5.07. The fourth-order valence-electron chi connectivity index (χ4n) is 3.39. The Labute approximate surface area is 203 Å². The number of alkyl halides is 3. The van der Waals surface area contributed by atoms with Crippen molar-refractivity contribution in [2.75, 3.05) is 24.2 Å². The zero-order valence-corrected chi connectivity index (χ0v) is 20.1. The number of piperidine rings is 1. The number of carbonyl (C=O) groups excluding carboxylic acids is 1. The number of anilines is 1. The molecule has 1 amide bonds. The van der Waals surface area contributed by atoms with Crippen molar-refractivity contribution >= 4 is 50.4 Å². The van der Waals surface area contributed by atoms with Gasteiger partial charge in [-0.1, -0.05) is 23.2 Å². The van der Waals surface area contributed by atoms with Crippen molar-refractivity contribution in [3.8, 4) is 11.5 Å². The van der Waals surface area contributed by atoms with E-state index in [0.717, 1.165) is 18.2 Å². The van der Waals surface area contributed by atoms with Gasteiger partial charge in [-0.2, -0.15) is 0 Å². The molecule has 0 radical (unpaired) electrons. The van der Waals surface area contributed by atoms with Gasteiger partial charge >= 0.3 is 6.36 Å². The highest BCUT2D eigenvalue weighted by molar-refractivity contribution is 7.98. The van der Waals surface area contributed by atoms with Crippen molar-refractivity contribution in [1.29, 1.82) is 0 Å². The number of carbonyl (C=O) groups is 1. The van der Waals surface area contributed by atoms with Crippen molar-refractivity contribution in [3.63, 3.8) is 0 Å². The third-order valence-corrected chi connectivity index (χ3v) is 5.96. The first-order valence-electron chi connectivity index (χ1n) is 9.82. The molecular weight excluding hydrogens is 523 g/mol. The Hall–Kier alpha value is -2.37. The topological polar surface area (TPSA) is 67.9 Å². The molecule has 0 saturated carbocycles. The van der Waals surface area contributed by atoms with Gasteiger partial charge in [-0.25, -0.2) is 8.60 Å². The number of hydrogen-bond acceptors (Lipinski definition) is 5. The second-order valence-electron chi connectivity index (χ2n) is 7.69. The molecule has 0 aromatic heterocycles. The van der Waals surface area contributed by atoms with Crippen LogP contribution in [0.1, 0.15) is 23.2 Å². The zero-order valence-electron chi connectivity index (χ0n) is 17.8. The first kappa shape index (κ1) is 26.2. The van der Waals surface area contributed by atoms with E-state index in [-0.39, 0.29) is 15.8 Å². The lowest BCUT2D eigenvalue weighted by Crippen LogP contribution is -2.41. The number of benzene rings is 2. The molecule has 0 bridgehead atoms. The summed E-state index contributed by atoms with van der Waals surface area (Å²) in [4.78, 5) is 14.0. The fourth-order valence-corrected chi connectivity index (χ4v) is 4.31. The first-order valence-corrected chi connectivity index (χ1v) is 12.7. The van der Waals surface area contributed by atoms with Crippen LogP contribution in [0.3, 0.4) is 0 Å². The summed E-state index contributed by atoms with van der Waals surface area (Å²) in [6.45, 7) is 0.924. The summed E-state index contributed by atoms with van der Waals surface area (Å²) < 4.78 is 75.4. The van der Waals surface area contributed by atoms with Gasteiger partial charge in [-0.3, -0.25) is 9.52 Å². The van der Waals surface area contributed by atoms with E-state index in [2.05, 4.69) is 15.3 Å². The van der Waals surface area contributed by atoms with Crippen LogP contribution >= 0.6 is 23.2 Å². The van der Waals surface area contributed by atoms with Crippen LogP contribution in [0.15, 0.2) is 30.3 Å². The van der Waals surface area contributed by atoms with E-state index in [1.54, 1.807) is 0 Å². The normalized spacial score (nSPS) is 18.2. The van der Waals surface area contributed by atoms with Gasteiger partial charge in [0.2, 0.25) is 0 Å². The quantitative estimate of drug-likeness (QED) is 0.407. The number of rotatable bonds is 6. The summed E-state index contributed by atoms with van der Waals surface area (Å²) >= 11 is 12.1. The predicted molar refractivity (Wildman–Crippen MR) is 124 cm³/mol. The Morgan fingerprint density at radius 3 is 2.50 bits per heavy atom. The van der Waals surface area contributed by atoms with Gasteiger partial charge < -0.3 is 14.4 Å². The van der Waals surface area contributed by atoms with Gasteiger partial charge in [-0.15, -0.1) is 13.2 Å². The van der Waals surface area contributed by atoms with Gasteiger partial charge in [0, 0.05) is 34.3 Å². The molecule has 34 heavy (non-hydrogen) atoms. The second-order valence-corrected chi connectivity index (χ2v) is 10.7. The van der Waals surface area contributed by atoms with E-state index < -0.39 is 45.2 Å². The SMILES string of the molecule is C=S(C)(=O)NC(=O)c1cc(Cl)c(O[C@@H]2CCCN(c3ccc(OC(F)(F)F)c(Cl)c3)C2)cc1F. The van der Waals surface area contributed by atoms with Crippen molar-refractivity contribution in [2.45, 2.75) is 25.3 Å². The number of ether oxygens (including phenoxy) is 2. The van der Waals surface area contributed by atoms with Crippen LogP contribution in [-0.4, -0.2) is 47.8 Å². The summed E-state index contributed by atoms with van der Waals surface area (Å²) in [6, 6.07) is 5.98. The number of nitrogens with zero attached hydrogens (tertiary/aromatic N) is 1. The van der Waals surface area contributed by atoms with Crippen LogP contribution < -0.4 is 19.1 Å². The van der Waals surface area contributed by atoms with E-state index in [9.17, 15) is 26.6 Å². The lowest BCUT2D eigenvalue weighted by molar-refractivity contribution is -0.274. The third kappa shape index (κ3) is 7.07. The van der Waals surface area contributed by atoms with Crippen molar-refractivity contribution in [3.05, 3.63) is 51.8 Å². The molecule has 1 unspecified atom stereocenters. The minimum Gasteiger partial charge on any atom is -0.487 e. The van der Waals surface area contributed by atoms with Gasteiger partial charge in [0.1, 0.15) is 23.4 Å². The molecule has 0 spiro atoms. The number of halogens is 6. The van der Waals surface area contributed by atoms with Crippen LogP contribution in [-0.2, 0) is 9.71 Å². The fraction of sp³-hybridized carbons (Fsp3) is 0.333. The Bertz CT molecular complexity index is 1190. The molecule has 13 heteroatoms. The number of amides is 1. The molecule has 2 atom stereocenters. The van der Waals surface area contributed by atoms with Crippen molar-refractivity contribution in [1.82, 2.24) is 4.72 Å². The molecule has 2 aromatic rings. The third-order valence-electron chi connectivity index (χ3n) is 4.75. The van der Waals surface area contributed by atoms with Gasteiger partial charge in [-0.05, 0) is 43.0 Å². The smallest absolute Gasteiger partial charge is 0.487 e. The molecule has 0 aliphatic carbocycles. The minimum atomic E-state index is -4.86. The first-order chi connectivity index (χ1) is 15.7. The van der Waals surface area contributed by atoms with Crippen molar-refractivity contribution in [2.24, 2.45) is 0 Å². The highest BCUT2D eigenvalue weighted by atomic mass is 35.5.